The molecule has 0 spiro atoms. The Morgan fingerprint density at radius 1 is 1.43 bits per heavy atom. The molecule has 0 aliphatic carbocycles. The zero-order chi connectivity index (χ0) is 17.0. The number of aromatic nitrogens is 1. The van der Waals surface area contributed by atoms with Crippen LogP contribution in [-0.2, 0) is 12.8 Å². The Hall–Kier alpha value is -2.15. The van der Waals surface area contributed by atoms with E-state index in [-0.39, 0.29) is 11.3 Å². The summed E-state index contributed by atoms with van der Waals surface area (Å²) >= 11 is 1.62. The Kier molecular flexibility index (Phi) is 5.54. The van der Waals surface area contributed by atoms with E-state index >= 15 is 0 Å². The molecule has 2 heterocycles. The van der Waals surface area contributed by atoms with E-state index in [0.29, 0.717) is 31.1 Å². The lowest BCUT2D eigenvalue weighted by atomic mass is 10.2. The molecule has 0 radical (unpaired) electrons. The summed E-state index contributed by atoms with van der Waals surface area (Å²) in [5, 5.41) is 14.9. The summed E-state index contributed by atoms with van der Waals surface area (Å²) < 4.78 is 5.32. The number of carboxylic acids is 1. The van der Waals surface area contributed by atoms with Crippen molar-refractivity contribution < 1.29 is 19.1 Å². The molecule has 0 aliphatic rings. The number of aromatic carboxylic acids is 1. The van der Waals surface area contributed by atoms with Gasteiger partial charge in [0, 0.05) is 36.8 Å². The first-order valence-corrected chi connectivity index (χ1v) is 8.38. The molecule has 0 atom stereocenters. The molecule has 0 unspecified atom stereocenters. The molecule has 0 bridgehead atoms. The average Bonchev–Trinajstić information content (AvgIpc) is 3.13. The van der Waals surface area contributed by atoms with Crippen molar-refractivity contribution >= 4 is 23.2 Å². The fourth-order valence-electron chi connectivity index (χ4n) is 2.08. The third-order valence-corrected chi connectivity index (χ3v) is 4.51. The van der Waals surface area contributed by atoms with Crippen LogP contribution in [0, 0.1) is 0 Å². The maximum absolute atomic E-state index is 12.0. The molecule has 2 N–H and O–H groups in total. The smallest absolute Gasteiger partial charge is 0.339 e. The van der Waals surface area contributed by atoms with E-state index in [1.807, 2.05) is 5.38 Å². The largest absolute Gasteiger partial charge is 0.478 e. The maximum Gasteiger partial charge on any atom is 0.339 e. The van der Waals surface area contributed by atoms with Crippen molar-refractivity contribution in [3.05, 3.63) is 39.2 Å². The lowest BCUT2D eigenvalue weighted by Crippen LogP contribution is -2.25. The summed E-state index contributed by atoms with van der Waals surface area (Å²) in [6.45, 7) is 6.38. The molecule has 0 fully saturated rings. The van der Waals surface area contributed by atoms with Crippen LogP contribution in [-0.4, -0.2) is 28.5 Å². The van der Waals surface area contributed by atoms with Gasteiger partial charge in [0.2, 0.25) is 0 Å². The number of carbonyl (C=O) groups excluding carboxylic acids is 1. The summed E-state index contributed by atoms with van der Waals surface area (Å²) in [6, 6.07) is 1.27. The predicted octanol–water partition coefficient (Wildman–Crippen LogP) is 3.09. The van der Waals surface area contributed by atoms with Gasteiger partial charge in [0.25, 0.3) is 5.91 Å². The van der Waals surface area contributed by atoms with Gasteiger partial charge in [-0.15, -0.1) is 11.3 Å². The number of amides is 1. The van der Waals surface area contributed by atoms with Crippen molar-refractivity contribution in [2.45, 2.75) is 39.5 Å². The van der Waals surface area contributed by atoms with Gasteiger partial charge < -0.3 is 14.8 Å². The molecule has 6 nitrogen and oxygen atoms in total. The van der Waals surface area contributed by atoms with Gasteiger partial charge in [0.15, 0.2) is 5.76 Å². The van der Waals surface area contributed by atoms with Crippen LogP contribution in [0.4, 0.5) is 0 Å². The fourth-order valence-corrected chi connectivity index (χ4v) is 2.95. The second-order valence-corrected chi connectivity index (χ2v) is 6.33. The van der Waals surface area contributed by atoms with Crippen LogP contribution in [0.5, 0.6) is 0 Å². The lowest BCUT2D eigenvalue weighted by Gasteiger charge is -2.01. The average molecular weight is 336 g/mol. The van der Waals surface area contributed by atoms with Gasteiger partial charge in [-0.05, 0) is 0 Å². The van der Waals surface area contributed by atoms with E-state index in [4.69, 9.17) is 9.52 Å². The number of carboxylic acid groups (broad SMARTS) is 1. The second kappa shape index (κ2) is 7.41. The zero-order valence-electron chi connectivity index (χ0n) is 13.4. The van der Waals surface area contributed by atoms with Crippen LogP contribution in [0.3, 0.4) is 0 Å². The van der Waals surface area contributed by atoms with Crippen molar-refractivity contribution in [3.8, 4) is 0 Å². The van der Waals surface area contributed by atoms with Gasteiger partial charge in [-0.1, -0.05) is 20.8 Å². The maximum atomic E-state index is 12.0. The number of furan rings is 1. The molecule has 124 valence electrons. The van der Waals surface area contributed by atoms with Gasteiger partial charge in [0.1, 0.15) is 11.3 Å². The topological polar surface area (TPSA) is 92.4 Å². The van der Waals surface area contributed by atoms with Crippen molar-refractivity contribution in [1.29, 1.82) is 0 Å². The molecule has 23 heavy (non-hydrogen) atoms. The first kappa shape index (κ1) is 17.2. The number of thiazole rings is 1. The minimum absolute atomic E-state index is 0.0281. The number of hydrogen-bond acceptors (Lipinski definition) is 5. The van der Waals surface area contributed by atoms with Crippen LogP contribution in [0.2, 0.25) is 0 Å². The molecule has 0 aliphatic heterocycles. The molecule has 0 saturated carbocycles. The molecule has 0 saturated heterocycles. The molecule has 2 aromatic rings. The Morgan fingerprint density at radius 2 is 2.17 bits per heavy atom. The number of nitrogens with one attached hydrogen (secondary N) is 1. The van der Waals surface area contributed by atoms with E-state index in [9.17, 15) is 9.59 Å². The minimum atomic E-state index is -1.09. The number of carbonyl (C=O) groups is 2. The lowest BCUT2D eigenvalue weighted by molar-refractivity contribution is 0.0694. The molecule has 7 heteroatoms. The Bertz CT molecular complexity index is 703. The highest BCUT2D eigenvalue weighted by molar-refractivity contribution is 7.09. The van der Waals surface area contributed by atoms with Crippen LogP contribution in [0.1, 0.15) is 64.1 Å². The molecular formula is C16H20N2O4S. The third kappa shape index (κ3) is 4.19. The summed E-state index contributed by atoms with van der Waals surface area (Å²) in [7, 11) is 0. The van der Waals surface area contributed by atoms with Gasteiger partial charge in [-0.2, -0.15) is 0 Å². The van der Waals surface area contributed by atoms with Crippen molar-refractivity contribution in [1.82, 2.24) is 10.3 Å². The summed E-state index contributed by atoms with van der Waals surface area (Å²) in [4.78, 5) is 27.6. The second-order valence-electron chi connectivity index (χ2n) is 5.44. The van der Waals surface area contributed by atoms with E-state index in [2.05, 4.69) is 24.1 Å². The molecule has 1 amide bonds. The van der Waals surface area contributed by atoms with Gasteiger partial charge in [-0.25, -0.2) is 9.78 Å². The van der Waals surface area contributed by atoms with Crippen LogP contribution >= 0.6 is 11.3 Å². The normalized spacial score (nSPS) is 11.0. The van der Waals surface area contributed by atoms with E-state index in [1.54, 1.807) is 18.3 Å². The Labute approximate surface area is 138 Å². The first-order valence-electron chi connectivity index (χ1n) is 7.50. The molecule has 2 rings (SSSR count). The number of aryl methyl sites for hydroxylation is 1. The van der Waals surface area contributed by atoms with E-state index in [1.165, 1.54) is 6.07 Å². The van der Waals surface area contributed by atoms with E-state index in [0.717, 1.165) is 10.7 Å². The van der Waals surface area contributed by atoms with Gasteiger partial charge in [-0.3, -0.25) is 4.79 Å². The number of rotatable bonds is 7. The van der Waals surface area contributed by atoms with Crippen molar-refractivity contribution in [2.24, 2.45) is 0 Å². The molecule has 2 aromatic heterocycles. The quantitative estimate of drug-likeness (QED) is 0.810. The Balaban J connectivity index is 1.93. The van der Waals surface area contributed by atoms with Gasteiger partial charge in [0.05, 0.1) is 10.7 Å². The van der Waals surface area contributed by atoms with Crippen LogP contribution in [0.15, 0.2) is 15.9 Å². The van der Waals surface area contributed by atoms with Crippen molar-refractivity contribution in [2.75, 3.05) is 6.54 Å². The molecular weight excluding hydrogens is 316 g/mol. The zero-order valence-corrected chi connectivity index (χ0v) is 14.2. The summed E-state index contributed by atoms with van der Waals surface area (Å²) in [5.41, 5.74) is 0.984. The minimum Gasteiger partial charge on any atom is -0.478 e. The molecule has 0 aromatic carbocycles. The number of nitrogens with zero attached hydrogens (tertiary/aromatic N) is 1. The fraction of sp³-hybridized carbons (Fsp3) is 0.438. The summed E-state index contributed by atoms with van der Waals surface area (Å²) in [5.74, 6) is -0.766. The third-order valence-electron chi connectivity index (χ3n) is 3.31. The monoisotopic (exact) mass is 336 g/mol. The highest BCUT2D eigenvalue weighted by Gasteiger charge is 2.19. The predicted molar refractivity (Wildman–Crippen MR) is 87.3 cm³/mol. The standard InChI is InChI=1S/C16H20N2O4S/c1-4-12-11(16(20)21)7-13(22-12)14(19)17-6-5-10-8-23-15(18-10)9(2)3/h7-9H,4-6H2,1-3H3,(H,17,19)(H,20,21). The highest BCUT2D eigenvalue weighted by Crippen LogP contribution is 2.19. The highest BCUT2D eigenvalue weighted by atomic mass is 32.1. The van der Waals surface area contributed by atoms with Crippen LogP contribution in [0.25, 0.3) is 0 Å². The Morgan fingerprint density at radius 3 is 2.70 bits per heavy atom. The van der Waals surface area contributed by atoms with Crippen molar-refractivity contribution in [3.63, 3.8) is 0 Å². The SMILES string of the molecule is CCc1oc(C(=O)NCCc2csc(C(C)C)n2)cc1C(=O)O. The summed E-state index contributed by atoms with van der Waals surface area (Å²) in [6.07, 6.45) is 1.05. The number of hydrogen-bond donors (Lipinski definition) is 2. The van der Waals surface area contributed by atoms with E-state index < -0.39 is 11.9 Å². The van der Waals surface area contributed by atoms with Crippen LogP contribution < -0.4 is 5.32 Å². The first-order chi connectivity index (χ1) is 10.9. The van der Waals surface area contributed by atoms with Gasteiger partial charge >= 0.3 is 5.97 Å².